The molecule has 0 amide bonds. The van der Waals surface area contributed by atoms with E-state index in [0.717, 1.165) is 0 Å². The van der Waals surface area contributed by atoms with E-state index in [1.165, 1.54) is 12.5 Å². The van der Waals surface area contributed by atoms with Gasteiger partial charge in [0.2, 0.25) is 0 Å². The second-order valence-electron chi connectivity index (χ2n) is 4.68. The standard InChI is InChI=1S/C13H17O2.Rh/c1-10(14)9-15-12-7-5-11(6-8-12)13(2,3)4;/h5-7H,9H2,1-4H3;/q-1;+2. The normalized spacial score (nSPS) is 10.5. The largest absolute Gasteiger partial charge is 2.00 e. The van der Waals surface area contributed by atoms with Crippen molar-refractivity contribution in [2.75, 3.05) is 6.61 Å². The third-order valence-electron chi connectivity index (χ3n) is 2.08. The van der Waals surface area contributed by atoms with Gasteiger partial charge in [-0.3, -0.25) is 4.79 Å². The van der Waals surface area contributed by atoms with E-state index in [4.69, 9.17) is 4.74 Å². The number of hydrogen-bond acceptors (Lipinski definition) is 2. The number of hydrogen-bond donors (Lipinski definition) is 0. The molecule has 0 spiro atoms. The molecule has 16 heavy (non-hydrogen) atoms. The fourth-order valence-electron chi connectivity index (χ4n) is 1.15. The molecule has 1 radical (unpaired) electrons. The van der Waals surface area contributed by atoms with Crippen molar-refractivity contribution in [3.05, 3.63) is 29.8 Å². The third-order valence-corrected chi connectivity index (χ3v) is 2.08. The molecule has 3 heteroatoms. The van der Waals surface area contributed by atoms with Crippen LogP contribution in [0.1, 0.15) is 33.3 Å². The van der Waals surface area contributed by atoms with E-state index in [-0.39, 0.29) is 37.3 Å². The molecule has 1 aromatic rings. The van der Waals surface area contributed by atoms with Crippen molar-refractivity contribution in [1.29, 1.82) is 0 Å². The molecule has 0 aliphatic rings. The van der Waals surface area contributed by atoms with Crippen molar-refractivity contribution in [2.24, 2.45) is 0 Å². The van der Waals surface area contributed by atoms with Crippen LogP contribution < -0.4 is 4.74 Å². The quantitative estimate of drug-likeness (QED) is 0.634. The molecule has 0 atom stereocenters. The van der Waals surface area contributed by atoms with Gasteiger partial charge in [0.15, 0.2) is 5.78 Å². The van der Waals surface area contributed by atoms with Crippen LogP contribution in [0, 0.1) is 6.07 Å². The number of ether oxygens (including phenoxy) is 1. The second-order valence-corrected chi connectivity index (χ2v) is 4.68. The van der Waals surface area contributed by atoms with Gasteiger partial charge in [-0.2, -0.15) is 17.7 Å². The summed E-state index contributed by atoms with van der Waals surface area (Å²) in [5.41, 5.74) is 1.33. The monoisotopic (exact) mass is 308 g/mol. The van der Waals surface area contributed by atoms with Gasteiger partial charge >= 0.3 is 19.5 Å². The molecule has 1 rings (SSSR count). The van der Waals surface area contributed by atoms with Crippen molar-refractivity contribution >= 4 is 5.78 Å². The average molecular weight is 308 g/mol. The first-order valence-electron chi connectivity index (χ1n) is 5.04. The van der Waals surface area contributed by atoms with Gasteiger partial charge in [-0.25, -0.2) is 0 Å². The molecular formula is C13H17O2Rh+. The SMILES string of the molecule is CC(=O)COc1[c-]cc(C(C)(C)C)cc1.[Rh+2]. The summed E-state index contributed by atoms with van der Waals surface area (Å²) in [7, 11) is 0. The number of ketones is 1. The van der Waals surface area contributed by atoms with Crippen LogP contribution in [0.5, 0.6) is 5.75 Å². The molecular weight excluding hydrogens is 291 g/mol. The Bertz CT molecular complexity index is 336. The van der Waals surface area contributed by atoms with Gasteiger partial charge in [0.05, 0.1) is 0 Å². The van der Waals surface area contributed by atoms with E-state index in [2.05, 4.69) is 26.8 Å². The maximum atomic E-state index is 10.7. The van der Waals surface area contributed by atoms with Gasteiger partial charge in [-0.1, -0.05) is 26.2 Å². The zero-order valence-corrected chi connectivity index (χ0v) is 11.7. The summed E-state index contributed by atoms with van der Waals surface area (Å²) in [6.45, 7) is 8.06. The molecule has 0 bridgehead atoms. The molecule has 2 nitrogen and oxygen atoms in total. The van der Waals surface area contributed by atoms with Crippen LogP contribution in [0.3, 0.4) is 0 Å². The van der Waals surface area contributed by atoms with Gasteiger partial charge in [0.25, 0.3) is 0 Å². The molecule has 0 unspecified atom stereocenters. The van der Waals surface area contributed by atoms with Crippen LogP contribution >= 0.6 is 0 Å². The Hall–Kier alpha value is -0.687. The Labute approximate surface area is 110 Å². The number of carbonyl (C=O) groups excluding carboxylic acids is 1. The predicted octanol–water partition coefficient (Wildman–Crippen LogP) is 2.75. The summed E-state index contributed by atoms with van der Waals surface area (Å²) in [5.74, 6) is 0.640. The molecule has 1 aromatic carbocycles. The summed E-state index contributed by atoms with van der Waals surface area (Å²) in [6, 6.07) is 8.79. The molecule has 0 heterocycles. The van der Waals surface area contributed by atoms with Crippen LogP contribution in [0.4, 0.5) is 0 Å². The number of Topliss-reactive ketones (excluding diaryl/α,β-unsaturated/α-hetero) is 1. The minimum atomic E-state index is 0. The topological polar surface area (TPSA) is 26.3 Å². The fraction of sp³-hybridized carbons (Fsp3) is 0.462. The third kappa shape index (κ3) is 4.89. The first-order chi connectivity index (χ1) is 6.89. The van der Waals surface area contributed by atoms with Crippen LogP contribution in [0.2, 0.25) is 0 Å². The molecule has 0 saturated carbocycles. The second kappa shape index (κ2) is 6.15. The number of rotatable bonds is 3. The van der Waals surface area contributed by atoms with E-state index in [9.17, 15) is 4.79 Å². The molecule has 0 saturated heterocycles. The average Bonchev–Trinajstić information content (AvgIpc) is 2.14. The van der Waals surface area contributed by atoms with E-state index in [1.807, 2.05) is 18.2 Å². The molecule has 0 aliphatic carbocycles. The summed E-state index contributed by atoms with van der Waals surface area (Å²) >= 11 is 0. The first-order valence-corrected chi connectivity index (χ1v) is 5.04. The Balaban J connectivity index is 0.00000225. The first kappa shape index (κ1) is 15.3. The van der Waals surface area contributed by atoms with Gasteiger partial charge < -0.3 is 4.74 Å². The number of carbonyl (C=O) groups is 1. The summed E-state index contributed by atoms with van der Waals surface area (Å²) in [5, 5.41) is 0. The molecule has 0 N–H and O–H groups in total. The van der Waals surface area contributed by atoms with Crippen LogP contribution in [-0.4, -0.2) is 12.4 Å². The maximum absolute atomic E-state index is 10.7. The predicted molar refractivity (Wildman–Crippen MR) is 60.2 cm³/mol. The van der Waals surface area contributed by atoms with E-state index in [1.54, 1.807) is 0 Å². The summed E-state index contributed by atoms with van der Waals surface area (Å²) in [4.78, 5) is 10.7. The zero-order valence-electron chi connectivity index (χ0n) is 10.1. The van der Waals surface area contributed by atoms with E-state index in [0.29, 0.717) is 5.75 Å². The molecule has 0 aliphatic heterocycles. The van der Waals surface area contributed by atoms with Gasteiger partial charge in [0, 0.05) is 5.75 Å². The summed E-state index contributed by atoms with van der Waals surface area (Å²) < 4.78 is 5.23. The van der Waals surface area contributed by atoms with Crippen molar-refractivity contribution < 1.29 is 29.0 Å². The van der Waals surface area contributed by atoms with Gasteiger partial charge in [0.1, 0.15) is 6.61 Å². The zero-order chi connectivity index (χ0) is 11.5. The van der Waals surface area contributed by atoms with Gasteiger partial charge in [-0.15, -0.1) is 12.1 Å². The maximum Gasteiger partial charge on any atom is 2.00 e. The summed E-state index contributed by atoms with van der Waals surface area (Å²) in [6.07, 6.45) is 0. The molecule has 0 fully saturated rings. The minimum Gasteiger partial charge on any atom is -0.512 e. The van der Waals surface area contributed by atoms with E-state index >= 15 is 0 Å². The number of benzene rings is 1. The fourth-order valence-corrected chi connectivity index (χ4v) is 1.15. The van der Waals surface area contributed by atoms with Crippen LogP contribution in [-0.2, 0) is 29.7 Å². The Morgan fingerprint density at radius 3 is 2.38 bits per heavy atom. The van der Waals surface area contributed by atoms with Crippen molar-refractivity contribution in [1.82, 2.24) is 0 Å². The Morgan fingerprint density at radius 2 is 2.00 bits per heavy atom. The Morgan fingerprint density at radius 1 is 1.38 bits per heavy atom. The van der Waals surface area contributed by atoms with Crippen molar-refractivity contribution in [3.63, 3.8) is 0 Å². The van der Waals surface area contributed by atoms with Crippen molar-refractivity contribution in [3.8, 4) is 5.75 Å². The van der Waals surface area contributed by atoms with Gasteiger partial charge in [-0.05, 0) is 6.92 Å². The molecule has 89 valence electrons. The van der Waals surface area contributed by atoms with Crippen molar-refractivity contribution in [2.45, 2.75) is 33.1 Å². The van der Waals surface area contributed by atoms with Crippen LogP contribution in [0.15, 0.2) is 18.2 Å². The Kier molecular flexibility index (Phi) is 5.88. The van der Waals surface area contributed by atoms with Crippen LogP contribution in [0.25, 0.3) is 0 Å². The smallest absolute Gasteiger partial charge is 0.512 e. The molecule has 0 aromatic heterocycles. The van der Waals surface area contributed by atoms with E-state index < -0.39 is 0 Å². The minimum absolute atomic E-state index is 0.